The zero-order valence-electron chi connectivity index (χ0n) is 13.5. The average Bonchev–Trinajstić information content (AvgIpc) is 3.11. The summed E-state index contributed by atoms with van der Waals surface area (Å²) in [5.74, 6) is -2.74. The topological polar surface area (TPSA) is 195 Å². The maximum atomic E-state index is 12.7. The number of hydrogen-bond donors (Lipinski definition) is 3. The molecule has 0 aromatic rings. The second-order valence-corrected chi connectivity index (χ2v) is 8.27. The Morgan fingerprint density at radius 3 is 2.65 bits per heavy atom. The van der Waals surface area contributed by atoms with Crippen molar-refractivity contribution in [3.8, 4) is 0 Å². The summed E-state index contributed by atoms with van der Waals surface area (Å²) in [6.45, 7) is 0.779. The Morgan fingerprint density at radius 2 is 2.08 bits per heavy atom. The van der Waals surface area contributed by atoms with Crippen LogP contribution in [0, 0.1) is 5.92 Å². The SMILES string of the molecule is CC1=C(N)C(=O)C2=C(C1=O)N1C[C@@H]3N[C@@H]3[C@]1(S(=O)(=O)[O-])[C@@H]2COC(N)=O. The number of carbonyl (C=O) groups is 3. The van der Waals surface area contributed by atoms with Gasteiger partial charge in [0.1, 0.15) is 16.7 Å². The van der Waals surface area contributed by atoms with Gasteiger partial charge in [0, 0.05) is 23.7 Å². The fraction of sp³-hybridized carbons (Fsp3) is 0.500. The Kier molecular flexibility index (Phi) is 3.16. The summed E-state index contributed by atoms with van der Waals surface area (Å²) < 4.78 is 41.8. The number of hydrogen-bond acceptors (Lipinski definition) is 10. The molecule has 0 aromatic heterocycles. The van der Waals surface area contributed by atoms with Crippen LogP contribution in [0.15, 0.2) is 22.5 Å². The summed E-state index contributed by atoms with van der Waals surface area (Å²) in [5, 5.41) is 2.88. The number of Topliss-reactive ketones (excluding diaryl/α,β-unsaturated/α-hetero) is 2. The summed E-state index contributed by atoms with van der Waals surface area (Å²) in [5.41, 5.74) is 9.96. The highest BCUT2D eigenvalue weighted by atomic mass is 32.2. The monoisotopic (exact) mass is 383 g/mol. The van der Waals surface area contributed by atoms with Gasteiger partial charge in [-0.15, -0.1) is 0 Å². The van der Waals surface area contributed by atoms with E-state index in [-0.39, 0.29) is 35.1 Å². The van der Waals surface area contributed by atoms with Crippen molar-refractivity contribution in [1.29, 1.82) is 0 Å². The summed E-state index contributed by atoms with van der Waals surface area (Å²) in [6.07, 6.45) is -1.20. The second-order valence-electron chi connectivity index (χ2n) is 6.71. The number of fused-ring (bicyclic) bond motifs is 4. The molecule has 0 aromatic carbocycles. The molecule has 0 spiro atoms. The van der Waals surface area contributed by atoms with Crippen LogP contribution >= 0.6 is 0 Å². The van der Waals surface area contributed by atoms with Crippen LogP contribution in [0.3, 0.4) is 0 Å². The van der Waals surface area contributed by atoms with Gasteiger partial charge in [-0.1, -0.05) is 0 Å². The number of primary amides is 1. The molecule has 5 N–H and O–H groups in total. The molecule has 0 saturated carbocycles. The third-order valence-corrected chi connectivity index (χ3v) is 7.11. The van der Waals surface area contributed by atoms with Crippen molar-refractivity contribution in [1.82, 2.24) is 10.2 Å². The molecule has 3 heterocycles. The molecule has 0 radical (unpaired) electrons. The normalized spacial score (nSPS) is 35.5. The Morgan fingerprint density at radius 1 is 1.42 bits per heavy atom. The van der Waals surface area contributed by atoms with E-state index in [1.807, 2.05) is 0 Å². The van der Waals surface area contributed by atoms with Crippen molar-refractivity contribution in [3.63, 3.8) is 0 Å². The lowest BCUT2D eigenvalue weighted by Gasteiger charge is -2.42. The highest BCUT2D eigenvalue weighted by Crippen LogP contribution is 2.57. The number of nitrogens with two attached hydrogens (primary N) is 2. The Hall–Kier alpha value is -2.44. The fourth-order valence-electron chi connectivity index (χ4n) is 4.40. The predicted molar refractivity (Wildman–Crippen MR) is 82.8 cm³/mol. The molecule has 1 amide bonds. The molecule has 0 unspecified atom stereocenters. The summed E-state index contributed by atoms with van der Waals surface area (Å²) in [7, 11) is -5.07. The smallest absolute Gasteiger partial charge is 0.404 e. The van der Waals surface area contributed by atoms with Crippen molar-refractivity contribution in [2.24, 2.45) is 17.4 Å². The molecule has 140 valence electrons. The van der Waals surface area contributed by atoms with Crippen LogP contribution < -0.4 is 16.8 Å². The molecule has 1 aliphatic carbocycles. The molecular weight excluding hydrogens is 368 g/mol. The van der Waals surface area contributed by atoms with Crippen molar-refractivity contribution in [2.45, 2.75) is 23.9 Å². The first kappa shape index (κ1) is 17.0. The van der Waals surface area contributed by atoms with Crippen LogP contribution in [0.4, 0.5) is 4.79 Å². The molecule has 3 aliphatic heterocycles. The molecule has 4 atom stereocenters. The van der Waals surface area contributed by atoms with E-state index in [2.05, 4.69) is 5.32 Å². The van der Waals surface area contributed by atoms with Gasteiger partial charge in [-0.05, 0) is 6.92 Å². The van der Waals surface area contributed by atoms with Crippen molar-refractivity contribution < 1.29 is 32.1 Å². The van der Waals surface area contributed by atoms with E-state index in [1.54, 1.807) is 0 Å². The number of nitrogens with one attached hydrogen (secondary N) is 1. The van der Waals surface area contributed by atoms with Crippen LogP contribution in [-0.2, 0) is 24.4 Å². The van der Waals surface area contributed by atoms with Crippen LogP contribution in [0.25, 0.3) is 0 Å². The van der Waals surface area contributed by atoms with E-state index in [0.29, 0.717) is 0 Å². The summed E-state index contributed by atoms with van der Waals surface area (Å²) in [4.78, 5) is 35.6. The summed E-state index contributed by atoms with van der Waals surface area (Å²) >= 11 is 0. The molecule has 2 fully saturated rings. The predicted octanol–water partition coefficient (Wildman–Crippen LogP) is -2.75. The average molecular weight is 383 g/mol. The fourth-order valence-corrected chi connectivity index (χ4v) is 5.91. The van der Waals surface area contributed by atoms with Gasteiger partial charge in [0.05, 0.1) is 23.4 Å². The van der Waals surface area contributed by atoms with Crippen molar-refractivity contribution in [3.05, 3.63) is 22.5 Å². The molecule has 12 heteroatoms. The van der Waals surface area contributed by atoms with Crippen molar-refractivity contribution >= 4 is 27.8 Å². The van der Waals surface area contributed by atoms with Gasteiger partial charge in [-0.25, -0.2) is 13.2 Å². The Bertz CT molecular complexity index is 952. The first-order valence-electron chi connectivity index (χ1n) is 7.74. The largest absolute Gasteiger partial charge is 0.746 e. The van der Waals surface area contributed by atoms with Gasteiger partial charge in [0.25, 0.3) is 0 Å². The number of ketones is 2. The number of ether oxygens (including phenoxy) is 1. The summed E-state index contributed by atoms with van der Waals surface area (Å²) in [6, 6.07) is -1.12. The molecule has 0 bridgehead atoms. The number of carbonyl (C=O) groups excluding carboxylic acids is 3. The van der Waals surface area contributed by atoms with Crippen LogP contribution in [0.5, 0.6) is 0 Å². The van der Waals surface area contributed by atoms with E-state index in [4.69, 9.17) is 16.2 Å². The third-order valence-electron chi connectivity index (χ3n) is 5.55. The van der Waals surface area contributed by atoms with Crippen LogP contribution in [0.1, 0.15) is 6.92 Å². The highest BCUT2D eigenvalue weighted by molar-refractivity contribution is 7.87. The lowest BCUT2D eigenvalue weighted by Crippen LogP contribution is -2.59. The maximum Gasteiger partial charge on any atom is 0.404 e. The van der Waals surface area contributed by atoms with Crippen LogP contribution in [-0.4, -0.2) is 65.6 Å². The number of rotatable bonds is 3. The third kappa shape index (κ3) is 1.78. The lowest BCUT2D eigenvalue weighted by atomic mass is 9.84. The second kappa shape index (κ2) is 4.84. The number of piperazine rings is 1. The van der Waals surface area contributed by atoms with Gasteiger partial charge in [-0.2, -0.15) is 0 Å². The van der Waals surface area contributed by atoms with Gasteiger partial charge >= 0.3 is 6.09 Å². The molecule has 4 aliphatic rings. The minimum atomic E-state index is -5.07. The molecule has 2 saturated heterocycles. The highest BCUT2D eigenvalue weighted by Gasteiger charge is 2.75. The zero-order chi connectivity index (χ0) is 19.2. The Balaban J connectivity index is 1.94. The number of nitrogens with zero attached hydrogens (tertiary/aromatic N) is 1. The Labute approximate surface area is 147 Å². The zero-order valence-corrected chi connectivity index (χ0v) is 14.3. The van der Waals surface area contributed by atoms with E-state index < -0.39 is 51.2 Å². The van der Waals surface area contributed by atoms with Crippen LogP contribution in [0.2, 0.25) is 0 Å². The number of amides is 1. The van der Waals surface area contributed by atoms with Gasteiger partial charge in [-0.3, -0.25) is 9.59 Å². The first-order chi connectivity index (χ1) is 12.0. The lowest BCUT2D eigenvalue weighted by molar-refractivity contribution is -0.117. The van der Waals surface area contributed by atoms with E-state index >= 15 is 0 Å². The molecule has 4 rings (SSSR count). The minimum Gasteiger partial charge on any atom is -0.746 e. The van der Waals surface area contributed by atoms with Gasteiger partial charge in [0.2, 0.25) is 11.6 Å². The van der Waals surface area contributed by atoms with E-state index in [9.17, 15) is 27.4 Å². The molecule has 26 heavy (non-hydrogen) atoms. The first-order valence-corrected chi connectivity index (χ1v) is 9.15. The van der Waals surface area contributed by atoms with Crippen molar-refractivity contribution in [2.75, 3.05) is 13.2 Å². The molecular formula is C14H15N4O7S-. The van der Waals surface area contributed by atoms with E-state index in [0.717, 1.165) is 0 Å². The van der Waals surface area contributed by atoms with Gasteiger partial charge in [0.15, 0.2) is 4.87 Å². The maximum absolute atomic E-state index is 12.7. The quantitative estimate of drug-likeness (QED) is 0.261. The molecule has 11 nitrogen and oxygen atoms in total. The standard InChI is InChI=1S/C14H16N4O7S/c1-4-8(15)11(20)7-5(3-25-13(16)21)14(26(22,23)24)12-6(17-12)2-18(14)9(7)10(4)19/h5-6,12,17H,2-3,15H2,1H3,(H2,16,21)(H,22,23,24)/p-1/t5-,6+,12+,14-/m1/s1. The van der Waals surface area contributed by atoms with E-state index in [1.165, 1.54) is 11.8 Å². The number of allylic oxidation sites excluding steroid dienone is 2. The van der Waals surface area contributed by atoms with Gasteiger partial charge < -0.3 is 31.0 Å². The minimum absolute atomic E-state index is 0.0176.